The number of carbonyl (C=O) groups is 2. The molecule has 0 heterocycles. The number of carboxylic acids is 1. The molecule has 0 aliphatic rings. The number of carbonyl (C=O) groups excluding carboxylic acids is 1. The van der Waals surface area contributed by atoms with Crippen LogP contribution in [0.15, 0.2) is 22.7 Å². The fourth-order valence-corrected chi connectivity index (χ4v) is 1.77. The van der Waals surface area contributed by atoms with Gasteiger partial charge in [0.05, 0.1) is 10.9 Å². The third-order valence-electron chi connectivity index (χ3n) is 2.46. The Morgan fingerprint density at radius 3 is 2.74 bits per heavy atom. The lowest BCUT2D eigenvalue weighted by atomic mass is 10.1. The molecule has 1 atom stereocenters. The molecule has 1 aromatic rings. The molecule has 0 radical (unpaired) electrons. The zero-order valence-electron chi connectivity index (χ0n) is 10.2. The zero-order chi connectivity index (χ0) is 14.4. The summed E-state index contributed by atoms with van der Waals surface area (Å²) in [4.78, 5) is 22.1. The molecule has 0 aliphatic carbocycles. The molecule has 5 nitrogen and oxygen atoms in total. The molecule has 1 unspecified atom stereocenters. The molecule has 0 saturated heterocycles. The van der Waals surface area contributed by atoms with Gasteiger partial charge in [-0.15, -0.1) is 0 Å². The predicted molar refractivity (Wildman–Crippen MR) is 77.6 cm³/mol. The third-order valence-corrected chi connectivity index (χ3v) is 3.68. The lowest BCUT2D eigenvalue weighted by Gasteiger charge is -2.09. The molecule has 0 spiro atoms. The van der Waals surface area contributed by atoms with Crippen LogP contribution < -0.4 is 10.6 Å². The highest BCUT2D eigenvalue weighted by molar-refractivity contribution is 9.10. The first-order chi connectivity index (χ1) is 8.90. The number of hydrogen-bond donors (Lipinski definition) is 3. The number of urea groups is 1. The highest BCUT2D eigenvalue weighted by atomic mass is 79.9. The number of nitrogens with one attached hydrogen (secondary N) is 2. The monoisotopic (exact) mass is 348 g/mol. The van der Waals surface area contributed by atoms with Crippen molar-refractivity contribution in [2.45, 2.75) is 13.3 Å². The van der Waals surface area contributed by atoms with Crippen molar-refractivity contribution >= 4 is 45.2 Å². The van der Waals surface area contributed by atoms with E-state index in [1.807, 2.05) is 0 Å². The lowest BCUT2D eigenvalue weighted by Crippen LogP contribution is -2.31. The first-order valence-electron chi connectivity index (χ1n) is 5.63. The van der Waals surface area contributed by atoms with Gasteiger partial charge in [0.2, 0.25) is 0 Å². The summed E-state index contributed by atoms with van der Waals surface area (Å²) in [5.74, 6) is -1.35. The number of amides is 2. The van der Waals surface area contributed by atoms with Gasteiger partial charge in [0.25, 0.3) is 0 Å². The van der Waals surface area contributed by atoms with Gasteiger partial charge in [-0.25, -0.2) is 4.79 Å². The fraction of sp³-hybridized carbons (Fsp3) is 0.333. The third kappa shape index (κ3) is 5.48. The predicted octanol–water partition coefficient (Wildman–Crippen LogP) is 3.33. The number of anilines is 1. The van der Waals surface area contributed by atoms with Gasteiger partial charge in [-0.1, -0.05) is 18.5 Å². The summed E-state index contributed by atoms with van der Waals surface area (Å²) in [6, 6.07) is 4.63. The second kappa shape index (κ2) is 7.35. The average molecular weight is 350 g/mol. The molecule has 3 N–H and O–H groups in total. The zero-order valence-corrected chi connectivity index (χ0v) is 12.6. The lowest BCUT2D eigenvalue weighted by molar-refractivity contribution is -0.141. The van der Waals surface area contributed by atoms with Gasteiger partial charge in [-0.3, -0.25) is 4.79 Å². The van der Waals surface area contributed by atoms with Crippen molar-refractivity contribution in [1.29, 1.82) is 0 Å². The molecule has 0 saturated carbocycles. The van der Waals surface area contributed by atoms with Gasteiger partial charge in [0, 0.05) is 16.7 Å². The molecule has 7 heteroatoms. The van der Waals surface area contributed by atoms with Gasteiger partial charge in [-0.2, -0.15) is 0 Å². The molecule has 2 amide bonds. The molecular weight excluding hydrogens is 336 g/mol. The summed E-state index contributed by atoms with van der Waals surface area (Å²) in [5.41, 5.74) is 0.597. The molecule has 19 heavy (non-hydrogen) atoms. The minimum atomic E-state index is -0.871. The van der Waals surface area contributed by atoms with Gasteiger partial charge < -0.3 is 15.7 Å². The van der Waals surface area contributed by atoms with E-state index < -0.39 is 11.9 Å². The van der Waals surface area contributed by atoms with Crippen LogP contribution in [0.4, 0.5) is 10.5 Å². The number of aliphatic carboxylic acids is 1. The number of halogens is 2. The summed E-state index contributed by atoms with van der Waals surface area (Å²) in [6.07, 6.45) is 0.382. The van der Waals surface area contributed by atoms with Crippen LogP contribution in [0.25, 0.3) is 0 Å². The highest BCUT2D eigenvalue weighted by Gasteiger charge is 2.11. The van der Waals surface area contributed by atoms with Crippen molar-refractivity contribution in [1.82, 2.24) is 5.32 Å². The summed E-state index contributed by atoms with van der Waals surface area (Å²) >= 11 is 9.09. The topological polar surface area (TPSA) is 78.4 Å². The van der Waals surface area contributed by atoms with Gasteiger partial charge in [0.1, 0.15) is 0 Å². The van der Waals surface area contributed by atoms with E-state index >= 15 is 0 Å². The van der Waals surface area contributed by atoms with Crippen LogP contribution in [-0.2, 0) is 4.79 Å². The average Bonchev–Trinajstić information content (AvgIpc) is 2.33. The molecule has 0 bridgehead atoms. The van der Waals surface area contributed by atoms with E-state index in [2.05, 4.69) is 26.6 Å². The van der Waals surface area contributed by atoms with E-state index in [0.29, 0.717) is 28.1 Å². The number of hydrogen-bond acceptors (Lipinski definition) is 2. The van der Waals surface area contributed by atoms with E-state index in [1.54, 1.807) is 25.1 Å². The Kier molecular flexibility index (Phi) is 6.11. The minimum absolute atomic E-state index is 0.300. The molecule has 0 fully saturated rings. The van der Waals surface area contributed by atoms with E-state index in [4.69, 9.17) is 16.7 Å². The van der Waals surface area contributed by atoms with E-state index in [0.717, 1.165) is 0 Å². The Bertz CT molecular complexity index is 482. The Morgan fingerprint density at radius 2 is 2.16 bits per heavy atom. The minimum Gasteiger partial charge on any atom is -0.481 e. The van der Waals surface area contributed by atoms with Crippen molar-refractivity contribution < 1.29 is 14.7 Å². The van der Waals surface area contributed by atoms with Crippen LogP contribution in [0.3, 0.4) is 0 Å². The number of rotatable bonds is 5. The molecular formula is C12H14BrClN2O3. The van der Waals surface area contributed by atoms with Crippen molar-refractivity contribution in [3.8, 4) is 0 Å². The molecule has 1 aromatic carbocycles. The normalized spacial score (nSPS) is 11.7. The molecule has 1 rings (SSSR count). The Balaban J connectivity index is 2.39. The molecule has 0 aromatic heterocycles. The van der Waals surface area contributed by atoms with Crippen molar-refractivity contribution in [3.05, 3.63) is 27.7 Å². The summed E-state index contributed by atoms with van der Waals surface area (Å²) < 4.78 is 0.687. The SMILES string of the molecule is CC(CCNC(=O)Nc1ccc(Cl)c(Br)c1)C(=O)O. The van der Waals surface area contributed by atoms with Gasteiger partial charge >= 0.3 is 12.0 Å². The number of benzene rings is 1. The largest absolute Gasteiger partial charge is 0.481 e. The number of carboxylic acid groups (broad SMARTS) is 1. The molecule has 104 valence electrons. The van der Waals surface area contributed by atoms with Crippen LogP contribution in [0.5, 0.6) is 0 Å². The quantitative estimate of drug-likeness (QED) is 0.763. The first kappa shape index (κ1) is 15.8. The van der Waals surface area contributed by atoms with Crippen LogP contribution >= 0.6 is 27.5 Å². The summed E-state index contributed by atoms with van der Waals surface area (Å²) in [7, 11) is 0. The van der Waals surface area contributed by atoms with Crippen LogP contribution in [0.2, 0.25) is 5.02 Å². The first-order valence-corrected chi connectivity index (χ1v) is 6.80. The Morgan fingerprint density at radius 1 is 1.47 bits per heavy atom. The standard InChI is InChI=1S/C12H14BrClN2O3/c1-7(11(17)18)4-5-15-12(19)16-8-2-3-10(14)9(13)6-8/h2-3,6-7H,4-5H2,1H3,(H,17,18)(H2,15,16,19). The maximum atomic E-state index is 11.5. The van der Waals surface area contributed by atoms with Crippen LogP contribution in [0.1, 0.15) is 13.3 Å². The van der Waals surface area contributed by atoms with Crippen molar-refractivity contribution in [2.24, 2.45) is 5.92 Å². The maximum absolute atomic E-state index is 11.5. The smallest absolute Gasteiger partial charge is 0.319 e. The van der Waals surface area contributed by atoms with Gasteiger partial charge in [-0.05, 0) is 40.5 Å². The van der Waals surface area contributed by atoms with Crippen LogP contribution in [0, 0.1) is 5.92 Å². The van der Waals surface area contributed by atoms with E-state index in [-0.39, 0.29) is 6.03 Å². The molecule has 0 aliphatic heterocycles. The second-order valence-electron chi connectivity index (χ2n) is 4.04. The maximum Gasteiger partial charge on any atom is 0.319 e. The van der Waals surface area contributed by atoms with Crippen LogP contribution in [-0.4, -0.2) is 23.7 Å². The van der Waals surface area contributed by atoms with Gasteiger partial charge in [0.15, 0.2) is 0 Å². The Labute approximate surface area is 124 Å². The fourth-order valence-electron chi connectivity index (χ4n) is 1.27. The van der Waals surface area contributed by atoms with Crippen molar-refractivity contribution in [2.75, 3.05) is 11.9 Å². The van der Waals surface area contributed by atoms with E-state index in [1.165, 1.54) is 0 Å². The summed E-state index contributed by atoms with van der Waals surface area (Å²) in [6.45, 7) is 1.90. The second-order valence-corrected chi connectivity index (χ2v) is 5.30. The van der Waals surface area contributed by atoms with E-state index in [9.17, 15) is 9.59 Å². The summed E-state index contributed by atoms with van der Waals surface area (Å²) in [5, 5.41) is 14.5. The Hall–Kier alpha value is -1.27. The highest BCUT2D eigenvalue weighted by Crippen LogP contribution is 2.25. The van der Waals surface area contributed by atoms with Crippen molar-refractivity contribution in [3.63, 3.8) is 0 Å².